The maximum Gasteiger partial charge on any atom is 0.295 e. The zero-order valence-corrected chi connectivity index (χ0v) is 17.9. The molecule has 0 aromatic heterocycles. The number of piperazine rings is 1. The van der Waals surface area contributed by atoms with Crippen LogP contribution in [0.4, 0.5) is 0 Å². The highest BCUT2D eigenvalue weighted by atomic mass is 32.2. The number of hydrogen-bond donors (Lipinski definition) is 2. The maximum atomic E-state index is 12.7. The van der Waals surface area contributed by atoms with E-state index in [9.17, 15) is 23.1 Å². The van der Waals surface area contributed by atoms with Gasteiger partial charge in [-0.2, -0.15) is 9.41 Å². The molecule has 0 atom stereocenters. The third-order valence-electron chi connectivity index (χ3n) is 5.05. The lowest BCUT2D eigenvalue weighted by molar-refractivity contribution is -0.895. The minimum absolute atomic E-state index is 0.0633. The zero-order chi connectivity index (χ0) is 22.4. The van der Waals surface area contributed by atoms with Crippen LogP contribution in [-0.2, 0) is 14.8 Å². The number of nitrogens with zero attached hydrogens (tertiary/aromatic N) is 2. The average molecular weight is 445 g/mol. The van der Waals surface area contributed by atoms with Crippen molar-refractivity contribution in [3.05, 3.63) is 65.2 Å². The summed E-state index contributed by atoms with van der Waals surface area (Å²) in [5.41, 5.74) is 4.13. The number of nitrogens with one attached hydrogen (secondary N) is 2. The van der Waals surface area contributed by atoms with Crippen LogP contribution >= 0.6 is 0 Å². The summed E-state index contributed by atoms with van der Waals surface area (Å²) < 4.78 is 26.9. The minimum atomic E-state index is -3.53. The van der Waals surface area contributed by atoms with Crippen molar-refractivity contribution >= 4 is 28.1 Å². The van der Waals surface area contributed by atoms with E-state index in [-0.39, 0.29) is 22.9 Å². The number of quaternary nitrogens is 1. The summed E-state index contributed by atoms with van der Waals surface area (Å²) in [7, 11) is -3.53. The van der Waals surface area contributed by atoms with E-state index in [0.717, 1.165) is 10.5 Å². The summed E-state index contributed by atoms with van der Waals surface area (Å²) >= 11 is 0. The molecule has 1 saturated heterocycles. The Labute approximate surface area is 181 Å². The molecule has 0 saturated carbocycles. The maximum absolute atomic E-state index is 12.7. The molecule has 0 aliphatic carbocycles. The molecular formula is C21H24N4O5S. The summed E-state index contributed by atoms with van der Waals surface area (Å²) in [4.78, 5) is 24.1. The smallest absolute Gasteiger partial charge is 0.295 e. The molecule has 164 valence electrons. The van der Waals surface area contributed by atoms with Gasteiger partial charge in [-0.25, -0.2) is 13.8 Å². The van der Waals surface area contributed by atoms with E-state index in [1.54, 1.807) is 36.4 Å². The van der Waals surface area contributed by atoms with E-state index < -0.39 is 16.0 Å². The number of rotatable bonds is 7. The highest BCUT2D eigenvalue weighted by Gasteiger charge is 2.31. The predicted octanol–water partition coefficient (Wildman–Crippen LogP) is -1.60. The molecule has 2 N–H and O–H groups in total. The fraction of sp³-hybridized carbons (Fsp3) is 0.286. The molecule has 1 aliphatic rings. The van der Waals surface area contributed by atoms with Gasteiger partial charge >= 0.3 is 0 Å². The molecule has 0 unspecified atom stereocenters. The normalized spacial score (nSPS) is 15.8. The number of carboxylic acids is 1. The molecule has 2 aromatic rings. The monoisotopic (exact) mass is 444 g/mol. The first-order valence-electron chi connectivity index (χ1n) is 9.79. The Bertz CT molecular complexity index is 1060. The molecule has 10 heteroatoms. The molecule has 1 aliphatic heterocycles. The fourth-order valence-electron chi connectivity index (χ4n) is 3.23. The first kappa shape index (κ1) is 22.6. The molecule has 0 bridgehead atoms. The van der Waals surface area contributed by atoms with Crippen LogP contribution in [0.3, 0.4) is 0 Å². The molecule has 31 heavy (non-hydrogen) atoms. The first-order valence-corrected chi connectivity index (χ1v) is 11.2. The Morgan fingerprint density at radius 1 is 1.10 bits per heavy atom. The molecule has 0 radical (unpaired) electrons. The van der Waals surface area contributed by atoms with E-state index in [2.05, 4.69) is 10.5 Å². The minimum Gasteiger partial charge on any atom is -0.545 e. The number of aromatic carboxylic acids is 1. The third-order valence-corrected chi connectivity index (χ3v) is 6.96. The lowest BCUT2D eigenvalue weighted by atomic mass is 10.1. The SMILES string of the molecule is Cc1ccc(S(=O)(=O)N2CC[NH+](CC(=O)NN=Cc3ccc(C(=O)[O-])cc3)CC2)cc1. The number of aryl methyl sites for hydroxylation is 1. The number of benzene rings is 2. The van der Waals surface area contributed by atoms with Gasteiger partial charge in [0.2, 0.25) is 10.0 Å². The van der Waals surface area contributed by atoms with Crippen LogP contribution in [0.1, 0.15) is 21.5 Å². The van der Waals surface area contributed by atoms with Crippen LogP contribution in [0.25, 0.3) is 0 Å². The number of carbonyl (C=O) groups excluding carboxylic acids is 2. The first-order chi connectivity index (χ1) is 14.8. The summed E-state index contributed by atoms with van der Waals surface area (Å²) in [6, 6.07) is 12.7. The second-order valence-corrected chi connectivity index (χ2v) is 9.28. The number of carboxylic acid groups (broad SMARTS) is 1. The van der Waals surface area contributed by atoms with Gasteiger partial charge in [-0.05, 0) is 30.2 Å². The van der Waals surface area contributed by atoms with Crippen LogP contribution in [0.15, 0.2) is 58.5 Å². The molecule has 9 nitrogen and oxygen atoms in total. The fourth-order valence-corrected chi connectivity index (χ4v) is 4.67. The zero-order valence-electron chi connectivity index (χ0n) is 17.1. The van der Waals surface area contributed by atoms with E-state index in [1.807, 2.05) is 6.92 Å². The van der Waals surface area contributed by atoms with Gasteiger partial charge in [0.05, 0.1) is 43.3 Å². The van der Waals surface area contributed by atoms with Gasteiger partial charge in [-0.3, -0.25) is 4.79 Å². The Kier molecular flexibility index (Phi) is 7.16. The number of sulfonamides is 1. The van der Waals surface area contributed by atoms with Crippen molar-refractivity contribution < 1.29 is 28.0 Å². The third kappa shape index (κ3) is 5.97. The van der Waals surface area contributed by atoms with Crippen LogP contribution in [0.5, 0.6) is 0 Å². The van der Waals surface area contributed by atoms with Crippen LogP contribution < -0.4 is 15.4 Å². The van der Waals surface area contributed by atoms with Crippen molar-refractivity contribution in [3.8, 4) is 0 Å². The molecule has 1 heterocycles. The van der Waals surface area contributed by atoms with Crippen molar-refractivity contribution in [1.29, 1.82) is 0 Å². The van der Waals surface area contributed by atoms with Crippen molar-refractivity contribution in [3.63, 3.8) is 0 Å². The van der Waals surface area contributed by atoms with Crippen molar-refractivity contribution in [2.45, 2.75) is 11.8 Å². The van der Waals surface area contributed by atoms with Gasteiger partial charge < -0.3 is 14.8 Å². The molecule has 1 amide bonds. The Hall–Kier alpha value is -3.08. The van der Waals surface area contributed by atoms with E-state index in [1.165, 1.54) is 22.7 Å². The van der Waals surface area contributed by atoms with Gasteiger partial charge in [0.15, 0.2) is 6.54 Å². The summed E-state index contributed by atoms with van der Waals surface area (Å²) in [6.45, 7) is 3.80. The van der Waals surface area contributed by atoms with Gasteiger partial charge in [0.25, 0.3) is 5.91 Å². The lowest BCUT2D eigenvalue weighted by Crippen LogP contribution is -3.15. The van der Waals surface area contributed by atoms with Crippen LogP contribution in [-0.4, -0.2) is 63.5 Å². The molecule has 0 spiro atoms. The number of amides is 1. The van der Waals surface area contributed by atoms with E-state index >= 15 is 0 Å². The highest BCUT2D eigenvalue weighted by Crippen LogP contribution is 2.16. The van der Waals surface area contributed by atoms with Crippen LogP contribution in [0.2, 0.25) is 0 Å². The second-order valence-electron chi connectivity index (χ2n) is 7.35. The quantitative estimate of drug-likeness (QED) is 0.393. The predicted molar refractivity (Wildman–Crippen MR) is 112 cm³/mol. The Balaban J connectivity index is 1.46. The molecular weight excluding hydrogens is 420 g/mol. The summed E-state index contributed by atoms with van der Waals surface area (Å²) in [5, 5.41) is 14.6. The largest absolute Gasteiger partial charge is 0.545 e. The van der Waals surface area contributed by atoms with Crippen LogP contribution in [0, 0.1) is 6.92 Å². The summed E-state index contributed by atoms with van der Waals surface area (Å²) in [6.07, 6.45) is 1.42. The van der Waals surface area contributed by atoms with Crippen molar-refractivity contribution in [2.24, 2.45) is 5.10 Å². The number of carbonyl (C=O) groups is 2. The van der Waals surface area contributed by atoms with Crippen molar-refractivity contribution in [2.75, 3.05) is 32.7 Å². The molecule has 2 aromatic carbocycles. The standard InChI is InChI=1S/C21H24N4O5S/c1-16-2-8-19(9-3-16)31(29,30)25-12-10-24(11-13-25)15-20(26)23-22-14-17-4-6-18(7-5-17)21(27)28/h2-9,14H,10-13,15H2,1H3,(H,23,26)(H,27,28). The van der Waals surface area contributed by atoms with E-state index in [0.29, 0.717) is 31.7 Å². The van der Waals surface area contributed by atoms with Gasteiger partial charge in [0.1, 0.15) is 0 Å². The van der Waals surface area contributed by atoms with E-state index in [4.69, 9.17) is 0 Å². The Morgan fingerprint density at radius 3 is 2.29 bits per heavy atom. The number of hydrogen-bond acceptors (Lipinski definition) is 6. The Morgan fingerprint density at radius 2 is 1.71 bits per heavy atom. The van der Waals surface area contributed by atoms with Gasteiger partial charge in [-0.15, -0.1) is 0 Å². The number of hydrazone groups is 1. The molecule has 1 fully saturated rings. The average Bonchev–Trinajstić information content (AvgIpc) is 2.75. The highest BCUT2D eigenvalue weighted by molar-refractivity contribution is 7.89. The van der Waals surface area contributed by atoms with Gasteiger partial charge in [0, 0.05) is 0 Å². The second kappa shape index (κ2) is 9.82. The summed E-state index contributed by atoms with van der Waals surface area (Å²) in [5.74, 6) is -1.54. The van der Waals surface area contributed by atoms with Gasteiger partial charge in [-0.1, -0.05) is 42.0 Å². The topological polar surface area (TPSA) is 123 Å². The van der Waals surface area contributed by atoms with Crippen molar-refractivity contribution in [1.82, 2.24) is 9.73 Å². The lowest BCUT2D eigenvalue weighted by Gasteiger charge is -2.31. The molecule has 3 rings (SSSR count).